The first-order chi connectivity index (χ1) is 7.77. The molecule has 3 heteroatoms. The second kappa shape index (κ2) is 7.31. The van der Waals surface area contributed by atoms with Gasteiger partial charge in [-0.2, -0.15) is 0 Å². The van der Waals surface area contributed by atoms with E-state index in [1.54, 1.807) is 7.11 Å². The Morgan fingerprint density at radius 3 is 2.88 bits per heavy atom. The fourth-order valence-electron chi connectivity index (χ4n) is 1.34. The molecule has 0 aliphatic carbocycles. The maximum Gasteiger partial charge on any atom is 0.137 e. The van der Waals surface area contributed by atoms with Crippen LogP contribution in [-0.4, -0.2) is 20.2 Å². The fourth-order valence-corrected chi connectivity index (χ4v) is 1.61. The van der Waals surface area contributed by atoms with Crippen molar-refractivity contribution in [2.75, 3.05) is 20.2 Å². The summed E-state index contributed by atoms with van der Waals surface area (Å²) in [5, 5.41) is 3.94. The van der Waals surface area contributed by atoms with Gasteiger partial charge in [-0.15, -0.1) is 0 Å². The van der Waals surface area contributed by atoms with Gasteiger partial charge in [-0.05, 0) is 30.7 Å². The van der Waals surface area contributed by atoms with Gasteiger partial charge in [0.25, 0.3) is 0 Å². The molecule has 0 saturated carbocycles. The summed E-state index contributed by atoms with van der Waals surface area (Å²) in [4.78, 5) is 0. The highest BCUT2D eigenvalue weighted by molar-refractivity contribution is 6.32. The molecule has 0 saturated heterocycles. The fraction of sp³-hybridized carbons (Fsp3) is 0.385. The summed E-state index contributed by atoms with van der Waals surface area (Å²) in [5.41, 5.74) is 1.09. The van der Waals surface area contributed by atoms with E-state index in [1.807, 2.05) is 24.3 Å². The van der Waals surface area contributed by atoms with Crippen molar-refractivity contribution in [3.63, 3.8) is 0 Å². The number of methoxy groups -OCH3 is 1. The summed E-state index contributed by atoms with van der Waals surface area (Å²) in [7, 11) is 1.62. The zero-order valence-corrected chi connectivity index (χ0v) is 10.6. The molecule has 0 heterocycles. The molecule has 0 fully saturated rings. The van der Waals surface area contributed by atoms with E-state index in [0.29, 0.717) is 10.8 Å². The third kappa shape index (κ3) is 4.25. The highest BCUT2D eigenvalue weighted by Crippen LogP contribution is 2.25. The number of halogens is 1. The highest BCUT2D eigenvalue weighted by atomic mass is 35.5. The van der Waals surface area contributed by atoms with Crippen molar-refractivity contribution in [2.45, 2.75) is 13.3 Å². The molecule has 1 aromatic carbocycles. The van der Waals surface area contributed by atoms with Gasteiger partial charge in [0.05, 0.1) is 12.1 Å². The van der Waals surface area contributed by atoms with Gasteiger partial charge in [0.2, 0.25) is 0 Å². The smallest absolute Gasteiger partial charge is 0.137 e. The number of rotatable bonds is 6. The van der Waals surface area contributed by atoms with Gasteiger partial charge in [0, 0.05) is 6.54 Å². The van der Waals surface area contributed by atoms with Crippen molar-refractivity contribution in [2.24, 2.45) is 0 Å². The molecule has 1 rings (SSSR count). The maximum atomic E-state index is 6.02. The van der Waals surface area contributed by atoms with Crippen LogP contribution in [0.5, 0.6) is 5.75 Å². The summed E-state index contributed by atoms with van der Waals surface area (Å²) < 4.78 is 5.09. The number of benzene rings is 1. The van der Waals surface area contributed by atoms with Crippen LogP contribution in [0.4, 0.5) is 0 Å². The average molecular weight is 240 g/mol. The Morgan fingerprint density at radius 2 is 2.25 bits per heavy atom. The number of ether oxygens (including phenoxy) is 1. The van der Waals surface area contributed by atoms with Crippen LogP contribution in [0.25, 0.3) is 6.08 Å². The Morgan fingerprint density at radius 1 is 1.44 bits per heavy atom. The molecule has 0 aliphatic rings. The lowest BCUT2D eigenvalue weighted by molar-refractivity contribution is 0.415. The van der Waals surface area contributed by atoms with Gasteiger partial charge < -0.3 is 10.1 Å². The van der Waals surface area contributed by atoms with Crippen LogP contribution in [-0.2, 0) is 0 Å². The number of hydrogen-bond donors (Lipinski definition) is 1. The van der Waals surface area contributed by atoms with E-state index in [4.69, 9.17) is 16.3 Å². The van der Waals surface area contributed by atoms with Crippen molar-refractivity contribution in [1.29, 1.82) is 0 Å². The van der Waals surface area contributed by atoms with Crippen LogP contribution in [0.2, 0.25) is 5.02 Å². The van der Waals surface area contributed by atoms with Crippen LogP contribution >= 0.6 is 11.6 Å². The Balaban J connectivity index is 2.51. The molecule has 0 aliphatic heterocycles. The lowest BCUT2D eigenvalue weighted by Crippen LogP contribution is -2.13. The van der Waals surface area contributed by atoms with Crippen LogP contribution in [0.15, 0.2) is 24.3 Å². The van der Waals surface area contributed by atoms with Crippen molar-refractivity contribution in [1.82, 2.24) is 5.32 Å². The first-order valence-electron chi connectivity index (χ1n) is 5.48. The third-order valence-corrected chi connectivity index (χ3v) is 2.47. The van der Waals surface area contributed by atoms with Crippen LogP contribution in [0, 0.1) is 0 Å². The van der Waals surface area contributed by atoms with Gasteiger partial charge in [-0.1, -0.05) is 36.7 Å². The van der Waals surface area contributed by atoms with E-state index in [0.717, 1.165) is 25.1 Å². The molecular weight excluding hydrogens is 222 g/mol. The summed E-state index contributed by atoms with van der Waals surface area (Å²) in [5.74, 6) is 0.711. The molecule has 1 aromatic rings. The van der Waals surface area contributed by atoms with Crippen LogP contribution in [0.3, 0.4) is 0 Å². The van der Waals surface area contributed by atoms with E-state index in [9.17, 15) is 0 Å². The van der Waals surface area contributed by atoms with Gasteiger partial charge in [0.1, 0.15) is 5.75 Å². The molecule has 0 spiro atoms. The molecule has 2 nitrogen and oxygen atoms in total. The Bertz CT molecular complexity index is 350. The van der Waals surface area contributed by atoms with E-state index in [1.165, 1.54) is 0 Å². The molecule has 0 amide bonds. The minimum atomic E-state index is 0.645. The zero-order valence-electron chi connectivity index (χ0n) is 9.79. The van der Waals surface area contributed by atoms with E-state index in [2.05, 4.69) is 18.3 Å². The Kier molecular flexibility index (Phi) is 5.98. The predicted octanol–water partition coefficient (Wildman–Crippen LogP) is 3.36. The summed E-state index contributed by atoms with van der Waals surface area (Å²) in [6, 6.07) is 5.76. The van der Waals surface area contributed by atoms with Crippen molar-refractivity contribution < 1.29 is 4.74 Å². The Hall–Kier alpha value is -0.990. The van der Waals surface area contributed by atoms with Crippen molar-refractivity contribution in [3.05, 3.63) is 34.9 Å². The summed E-state index contributed by atoms with van der Waals surface area (Å²) in [6.07, 6.45) is 5.30. The normalized spacial score (nSPS) is 10.9. The topological polar surface area (TPSA) is 21.3 Å². The van der Waals surface area contributed by atoms with E-state index in [-0.39, 0.29) is 0 Å². The average Bonchev–Trinajstić information content (AvgIpc) is 2.29. The van der Waals surface area contributed by atoms with Crippen molar-refractivity contribution in [3.8, 4) is 5.75 Å². The second-order valence-corrected chi connectivity index (χ2v) is 3.91. The second-order valence-electron chi connectivity index (χ2n) is 3.50. The van der Waals surface area contributed by atoms with Gasteiger partial charge in [-0.3, -0.25) is 0 Å². The highest BCUT2D eigenvalue weighted by Gasteiger charge is 1.98. The lowest BCUT2D eigenvalue weighted by Gasteiger charge is -2.03. The first kappa shape index (κ1) is 13.1. The monoisotopic (exact) mass is 239 g/mol. The SMILES string of the molecule is CCCNCC=Cc1ccc(OC)c(Cl)c1. The molecule has 0 radical (unpaired) electrons. The molecule has 0 atom stereocenters. The van der Waals surface area contributed by atoms with Gasteiger partial charge >= 0.3 is 0 Å². The largest absolute Gasteiger partial charge is 0.495 e. The molecule has 0 bridgehead atoms. The molecule has 16 heavy (non-hydrogen) atoms. The van der Waals surface area contributed by atoms with Crippen molar-refractivity contribution >= 4 is 17.7 Å². The first-order valence-corrected chi connectivity index (χ1v) is 5.86. The predicted molar refractivity (Wildman–Crippen MR) is 70.2 cm³/mol. The summed E-state index contributed by atoms with van der Waals surface area (Å²) in [6.45, 7) is 4.09. The zero-order chi connectivity index (χ0) is 11.8. The van der Waals surface area contributed by atoms with E-state index < -0.39 is 0 Å². The van der Waals surface area contributed by atoms with Gasteiger partial charge in [-0.25, -0.2) is 0 Å². The Labute approximate surface area is 102 Å². The molecule has 0 aromatic heterocycles. The molecule has 88 valence electrons. The quantitative estimate of drug-likeness (QED) is 0.769. The minimum Gasteiger partial charge on any atom is -0.495 e. The van der Waals surface area contributed by atoms with Crippen LogP contribution in [0.1, 0.15) is 18.9 Å². The van der Waals surface area contributed by atoms with E-state index >= 15 is 0 Å². The maximum absolute atomic E-state index is 6.02. The molecule has 1 N–H and O–H groups in total. The molecular formula is C13H18ClNO. The number of nitrogens with one attached hydrogen (secondary N) is 1. The molecule has 0 unspecified atom stereocenters. The van der Waals surface area contributed by atoms with Crippen LogP contribution < -0.4 is 10.1 Å². The summed E-state index contributed by atoms with van der Waals surface area (Å²) >= 11 is 6.02. The minimum absolute atomic E-state index is 0.645. The standard InChI is InChI=1S/C13H18ClNO/c1-3-8-15-9-4-5-11-6-7-13(16-2)12(14)10-11/h4-7,10,15H,3,8-9H2,1-2H3. The number of hydrogen-bond acceptors (Lipinski definition) is 2. The van der Waals surface area contributed by atoms with Gasteiger partial charge in [0.15, 0.2) is 0 Å². The third-order valence-electron chi connectivity index (χ3n) is 2.18. The lowest BCUT2D eigenvalue weighted by atomic mass is 10.2.